The van der Waals surface area contributed by atoms with Gasteiger partial charge in [0.1, 0.15) is 0 Å². The highest BCUT2D eigenvalue weighted by molar-refractivity contribution is 7.89. The quantitative estimate of drug-likeness (QED) is 0.775. The molecule has 0 bridgehead atoms. The maximum atomic E-state index is 12.7. The molecule has 1 aromatic rings. The number of hydrogen-bond acceptors (Lipinski definition) is 4. The maximum Gasteiger partial charge on any atom is 0.332 e. The van der Waals surface area contributed by atoms with Crippen LogP contribution in [-0.2, 0) is 20.2 Å². The highest BCUT2D eigenvalue weighted by atomic mass is 32.3. The molecule has 0 unspecified atom stereocenters. The van der Waals surface area contributed by atoms with Crippen LogP contribution in [0.25, 0.3) is 0 Å². The van der Waals surface area contributed by atoms with Crippen LogP contribution < -0.4 is 0 Å². The van der Waals surface area contributed by atoms with Crippen LogP contribution in [0.4, 0.5) is 3.89 Å². The van der Waals surface area contributed by atoms with Gasteiger partial charge in [-0.25, -0.2) is 12.7 Å². The van der Waals surface area contributed by atoms with E-state index in [9.17, 15) is 20.7 Å². The molecule has 5 nitrogen and oxygen atoms in total. The van der Waals surface area contributed by atoms with Crippen LogP contribution >= 0.6 is 0 Å². The number of hydrogen-bond donors (Lipinski definition) is 0. The molecular weight excluding hydrogens is 305 g/mol. The SMILES string of the molecule is CN(CC1CCC1)S(=O)(=O)c1ccc(S(=O)(=O)F)cc1. The summed E-state index contributed by atoms with van der Waals surface area (Å²) in [7, 11) is -6.97. The Morgan fingerprint density at radius 3 is 2.00 bits per heavy atom. The van der Waals surface area contributed by atoms with Gasteiger partial charge < -0.3 is 0 Å². The van der Waals surface area contributed by atoms with E-state index < -0.39 is 25.1 Å². The van der Waals surface area contributed by atoms with Crippen molar-refractivity contribution in [3.63, 3.8) is 0 Å². The zero-order valence-electron chi connectivity index (χ0n) is 11.0. The lowest BCUT2D eigenvalue weighted by Gasteiger charge is -2.29. The Bertz CT molecular complexity index is 679. The third-order valence-corrected chi connectivity index (χ3v) is 6.23. The molecule has 0 heterocycles. The second kappa shape index (κ2) is 5.42. The monoisotopic (exact) mass is 321 g/mol. The molecule has 0 spiro atoms. The Labute approximate surface area is 118 Å². The standard InChI is InChI=1S/C12H16FNO4S2/c1-14(9-10-3-2-4-10)20(17,18)12-7-5-11(6-8-12)19(13,15)16/h5-8,10H,2-4,9H2,1H3. The van der Waals surface area contributed by atoms with Gasteiger partial charge in [0.2, 0.25) is 10.0 Å². The molecule has 2 rings (SSSR count). The highest BCUT2D eigenvalue weighted by Crippen LogP contribution is 2.28. The van der Waals surface area contributed by atoms with Gasteiger partial charge in [0.15, 0.2) is 0 Å². The van der Waals surface area contributed by atoms with E-state index in [1.807, 2.05) is 0 Å². The van der Waals surface area contributed by atoms with Crippen LogP contribution in [0.5, 0.6) is 0 Å². The van der Waals surface area contributed by atoms with Crippen molar-refractivity contribution in [1.82, 2.24) is 4.31 Å². The van der Waals surface area contributed by atoms with Gasteiger partial charge in [-0.1, -0.05) is 6.42 Å². The Hall–Kier alpha value is -0.990. The van der Waals surface area contributed by atoms with Crippen LogP contribution in [0, 0.1) is 5.92 Å². The second-order valence-electron chi connectivity index (χ2n) is 4.99. The molecule has 0 radical (unpaired) electrons. The van der Waals surface area contributed by atoms with Crippen LogP contribution in [0.15, 0.2) is 34.1 Å². The predicted octanol–water partition coefficient (Wildman–Crippen LogP) is 1.77. The zero-order chi connectivity index (χ0) is 15.0. The number of sulfonamides is 1. The van der Waals surface area contributed by atoms with E-state index in [-0.39, 0.29) is 4.90 Å². The topological polar surface area (TPSA) is 71.5 Å². The Balaban J connectivity index is 2.20. The number of benzene rings is 1. The normalized spacial score (nSPS) is 17.1. The van der Waals surface area contributed by atoms with Crippen LogP contribution in [0.3, 0.4) is 0 Å². The van der Waals surface area contributed by atoms with E-state index in [0.29, 0.717) is 12.5 Å². The third kappa shape index (κ3) is 3.18. The first-order valence-electron chi connectivity index (χ1n) is 6.22. The fourth-order valence-corrected chi connectivity index (χ4v) is 3.80. The summed E-state index contributed by atoms with van der Waals surface area (Å²) in [6.45, 7) is 0.450. The van der Waals surface area contributed by atoms with Gasteiger partial charge >= 0.3 is 10.2 Å². The predicted molar refractivity (Wildman–Crippen MR) is 71.9 cm³/mol. The lowest BCUT2D eigenvalue weighted by Crippen LogP contribution is -2.34. The van der Waals surface area contributed by atoms with E-state index in [0.717, 1.165) is 43.5 Å². The molecule has 1 aliphatic carbocycles. The summed E-state index contributed by atoms with van der Waals surface area (Å²) in [6.07, 6.45) is 3.18. The molecule has 1 saturated carbocycles. The van der Waals surface area contributed by atoms with Gasteiger partial charge in [-0.05, 0) is 43.0 Å². The molecule has 8 heteroatoms. The molecule has 1 fully saturated rings. The van der Waals surface area contributed by atoms with Crippen molar-refractivity contribution in [2.45, 2.75) is 29.1 Å². The summed E-state index contributed by atoms with van der Waals surface area (Å²) >= 11 is 0. The van der Waals surface area contributed by atoms with Crippen molar-refractivity contribution in [2.24, 2.45) is 5.92 Å². The first-order chi connectivity index (χ1) is 9.21. The fraction of sp³-hybridized carbons (Fsp3) is 0.500. The summed E-state index contributed by atoms with van der Waals surface area (Å²) in [4.78, 5) is -0.579. The number of halogens is 1. The number of nitrogens with zero attached hydrogens (tertiary/aromatic N) is 1. The summed E-state index contributed by atoms with van der Waals surface area (Å²) in [6, 6.07) is 4.14. The molecule has 0 atom stereocenters. The minimum absolute atomic E-state index is 0.0354. The average molecular weight is 321 g/mol. The number of rotatable bonds is 5. The highest BCUT2D eigenvalue weighted by Gasteiger charge is 2.27. The van der Waals surface area contributed by atoms with E-state index in [4.69, 9.17) is 0 Å². The summed E-state index contributed by atoms with van der Waals surface area (Å²) < 4.78 is 59.9. The fourth-order valence-electron chi connectivity index (χ4n) is 2.09. The second-order valence-corrected chi connectivity index (χ2v) is 8.38. The zero-order valence-corrected chi connectivity index (χ0v) is 12.6. The molecule has 1 aromatic carbocycles. The van der Waals surface area contributed by atoms with Crippen molar-refractivity contribution in [3.05, 3.63) is 24.3 Å². The molecule has 112 valence electrons. The molecular formula is C12H16FNO4S2. The molecule has 1 aliphatic rings. The van der Waals surface area contributed by atoms with E-state index >= 15 is 0 Å². The lowest BCUT2D eigenvalue weighted by molar-refractivity contribution is 0.263. The van der Waals surface area contributed by atoms with Crippen molar-refractivity contribution >= 4 is 20.2 Å². The largest absolute Gasteiger partial charge is 0.332 e. The minimum Gasteiger partial charge on any atom is -0.207 e. The third-order valence-electron chi connectivity index (χ3n) is 3.55. The van der Waals surface area contributed by atoms with Gasteiger partial charge in [-0.3, -0.25) is 0 Å². The van der Waals surface area contributed by atoms with Crippen molar-refractivity contribution in [2.75, 3.05) is 13.6 Å². The average Bonchev–Trinajstić information content (AvgIpc) is 2.32. The molecule has 20 heavy (non-hydrogen) atoms. The van der Waals surface area contributed by atoms with Gasteiger partial charge in [-0.2, -0.15) is 8.42 Å². The van der Waals surface area contributed by atoms with Crippen LogP contribution in [-0.4, -0.2) is 34.7 Å². The summed E-state index contributed by atoms with van der Waals surface area (Å²) in [5, 5.41) is 0. The Morgan fingerprint density at radius 2 is 1.60 bits per heavy atom. The van der Waals surface area contributed by atoms with Crippen LogP contribution in [0.1, 0.15) is 19.3 Å². The van der Waals surface area contributed by atoms with Gasteiger partial charge in [0.05, 0.1) is 9.79 Å². The first-order valence-corrected chi connectivity index (χ1v) is 9.04. The molecule has 0 amide bonds. The lowest BCUT2D eigenvalue weighted by atomic mass is 9.86. The Kier molecular flexibility index (Phi) is 4.17. The maximum absolute atomic E-state index is 12.7. The van der Waals surface area contributed by atoms with Crippen molar-refractivity contribution in [3.8, 4) is 0 Å². The van der Waals surface area contributed by atoms with Gasteiger partial charge in [-0.15, -0.1) is 3.89 Å². The molecule has 0 aromatic heterocycles. The smallest absolute Gasteiger partial charge is 0.207 e. The minimum atomic E-state index is -4.81. The van der Waals surface area contributed by atoms with E-state index in [2.05, 4.69) is 0 Å². The first kappa shape index (κ1) is 15.4. The van der Waals surface area contributed by atoms with Crippen LogP contribution in [0.2, 0.25) is 0 Å². The van der Waals surface area contributed by atoms with E-state index in [1.165, 1.54) is 11.4 Å². The van der Waals surface area contributed by atoms with E-state index in [1.54, 1.807) is 0 Å². The summed E-state index contributed by atoms with van der Waals surface area (Å²) in [5.74, 6) is 0.389. The van der Waals surface area contributed by atoms with Crippen molar-refractivity contribution < 1.29 is 20.7 Å². The Morgan fingerprint density at radius 1 is 1.10 bits per heavy atom. The molecule has 0 saturated heterocycles. The van der Waals surface area contributed by atoms with Gasteiger partial charge in [0, 0.05) is 13.6 Å². The van der Waals surface area contributed by atoms with Crippen molar-refractivity contribution in [1.29, 1.82) is 0 Å². The molecule has 0 N–H and O–H groups in total. The molecule has 0 aliphatic heterocycles. The summed E-state index contributed by atoms with van der Waals surface area (Å²) in [5.41, 5.74) is 0. The van der Waals surface area contributed by atoms with Gasteiger partial charge in [0.25, 0.3) is 0 Å².